The van der Waals surface area contributed by atoms with E-state index in [1.54, 1.807) is 6.20 Å². The van der Waals surface area contributed by atoms with Crippen molar-refractivity contribution in [2.75, 3.05) is 0 Å². The van der Waals surface area contributed by atoms with Gasteiger partial charge in [-0.05, 0) is 89.7 Å². The Bertz CT molecular complexity index is 1230. The van der Waals surface area contributed by atoms with Crippen LogP contribution in [-0.2, 0) is 0 Å². The third kappa shape index (κ3) is 8.80. The maximum absolute atomic E-state index is 13.2. The first-order valence-corrected chi connectivity index (χ1v) is 13.7. The molecular weight excluding hydrogens is 589 g/mol. The second-order valence-corrected chi connectivity index (χ2v) is 11.0. The average Bonchev–Trinajstić information content (AvgIpc) is 2.88. The minimum absolute atomic E-state index is 0.00274. The first-order valence-electron chi connectivity index (χ1n) is 12.6. The van der Waals surface area contributed by atoms with Crippen LogP contribution in [0.15, 0.2) is 84.1 Å². The number of pyridine rings is 1. The fourth-order valence-corrected chi connectivity index (χ4v) is 5.12. The second kappa shape index (κ2) is 12.4. The molecule has 0 amide bonds. The zero-order valence-electron chi connectivity index (χ0n) is 20.6. The summed E-state index contributed by atoms with van der Waals surface area (Å²) in [6, 6.07) is 22.0. The summed E-state index contributed by atoms with van der Waals surface area (Å²) in [4.78, 5) is 4.34. The van der Waals surface area contributed by atoms with E-state index in [9.17, 15) is 17.6 Å². The predicted octanol–water partition coefficient (Wildman–Crippen LogP) is 10.2. The summed E-state index contributed by atoms with van der Waals surface area (Å²) in [5, 5.41) is 0. The Balaban J connectivity index is 0.000000180. The smallest absolute Gasteiger partial charge is 0.248 e. The van der Waals surface area contributed by atoms with Crippen molar-refractivity contribution < 1.29 is 17.6 Å². The Hall–Kier alpha value is -2.48. The first kappa shape index (κ1) is 27.6. The largest absolute Gasteiger partial charge is 0.256 e. The standard InChI is InChI=1S/C18H17F2N.C13H13F2I/c19-18(20)9-7-14(8-10-18)12-15-4-3-5-16(13-15)17-6-1-2-11-21-17;14-13(15)6-4-10(5-7-13)8-11-2-1-3-12(16)9-11/h1-6,11-13H,7-10H2;1-3,8-9H,4-7H2. The van der Waals surface area contributed by atoms with Crippen molar-refractivity contribution in [1.29, 1.82) is 0 Å². The molecule has 0 aliphatic heterocycles. The molecule has 0 saturated heterocycles. The van der Waals surface area contributed by atoms with E-state index in [2.05, 4.69) is 45.8 Å². The lowest BCUT2D eigenvalue weighted by atomic mass is 9.90. The van der Waals surface area contributed by atoms with Crippen molar-refractivity contribution in [3.8, 4) is 11.3 Å². The van der Waals surface area contributed by atoms with Crippen molar-refractivity contribution >= 4 is 34.7 Å². The number of hydrogen-bond acceptors (Lipinski definition) is 1. The third-order valence-corrected chi connectivity index (χ3v) is 7.36. The van der Waals surface area contributed by atoms with E-state index >= 15 is 0 Å². The predicted molar refractivity (Wildman–Crippen MR) is 152 cm³/mol. The van der Waals surface area contributed by atoms with Crippen LogP contribution in [0.2, 0.25) is 0 Å². The first-order chi connectivity index (χ1) is 17.7. The Morgan fingerprint density at radius 3 is 1.70 bits per heavy atom. The molecule has 0 atom stereocenters. The lowest BCUT2D eigenvalue weighted by Gasteiger charge is -2.23. The van der Waals surface area contributed by atoms with Crippen molar-refractivity contribution in [2.45, 2.75) is 63.2 Å². The van der Waals surface area contributed by atoms with Crippen LogP contribution in [0.4, 0.5) is 17.6 Å². The maximum atomic E-state index is 13.2. The molecule has 1 heterocycles. The molecule has 2 fully saturated rings. The van der Waals surface area contributed by atoms with Gasteiger partial charge in [-0.1, -0.05) is 59.7 Å². The van der Waals surface area contributed by atoms with Gasteiger partial charge >= 0.3 is 0 Å². The van der Waals surface area contributed by atoms with E-state index in [1.807, 2.05) is 60.7 Å². The molecule has 2 aromatic carbocycles. The molecule has 0 radical (unpaired) electrons. The van der Waals surface area contributed by atoms with E-state index < -0.39 is 11.8 Å². The highest BCUT2D eigenvalue weighted by Gasteiger charge is 2.33. The van der Waals surface area contributed by atoms with Crippen LogP contribution >= 0.6 is 22.6 Å². The Morgan fingerprint density at radius 2 is 1.19 bits per heavy atom. The number of hydrogen-bond donors (Lipinski definition) is 0. The van der Waals surface area contributed by atoms with Gasteiger partial charge in [0.05, 0.1) is 5.69 Å². The van der Waals surface area contributed by atoms with Crippen molar-refractivity contribution in [3.05, 3.63) is 98.8 Å². The molecule has 0 N–H and O–H groups in total. The SMILES string of the molecule is FC1(F)CCC(=Cc2cccc(-c3ccccn3)c2)CC1.FC1(F)CCC(=Cc2cccc(I)c2)CC1. The lowest BCUT2D eigenvalue weighted by molar-refractivity contribution is -0.0249. The summed E-state index contributed by atoms with van der Waals surface area (Å²) < 4.78 is 53.4. The quantitative estimate of drug-likeness (QED) is 0.210. The van der Waals surface area contributed by atoms with E-state index in [4.69, 9.17) is 0 Å². The van der Waals surface area contributed by atoms with E-state index in [-0.39, 0.29) is 25.7 Å². The summed E-state index contributed by atoms with van der Waals surface area (Å²) in [7, 11) is 0. The van der Waals surface area contributed by atoms with Gasteiger partial charge in [-0.15, -0.1) is 0 Å². The molecule has 3 aromatic rings. The van der Waals surface area contributed by atoms with Crippen LogP contribution in [0.1, 0.15) is 62.5 Å². The van der Waals surface area contributed by atoms with Crippen molar-refractivity contribution in [3.63, 3.8) is 0 Å². The lowest BCUT2D eigenvalue weighted by Crippen LogP contribution is -2.20. The third-order valence-electron chi connectivity index (χ3n) is 6.69. The second-order valence-electron chi connectivity index (χ2n) is 9.71. The van der Waals surface area contributed by atoms with Crippen LogP contribution in [0.3, 0.4) is 0 Å². The van der Waals surface area contributed by atoms with E-state index in [1.165, 1.54) is 3.57 Å². The van der Waals surface area contributed by atoms with E-state index in [0.29, 0.717) is 25.7 Å². The van der Waals surface area contributed by atoms with Crippen molar-refractivity contribution in [2.24, 2.45) is 0 Å². The minimum atomic E-state index is -2.48. The molecule has 0 unspecified atom stereocenters. The molecule has 5 rings (SSSR count). The van der Waals surface area contributed by atoms with Gasteiger partial charge in [-0.3, -0.25) is 4.98 Å². The van der Waals surface area contributed by atoms with Gasteiger partial charge in [0.1, 0.15) is 0 Å². The molecule has 0 spiro atoms. The fraction of sp³-hybridized carbons (Fsp3) is 0.323. The molecule has 2 aliphatic carbocycles. The molecule has 1 nitrogen and oxygen atoms in total. The Morgan fingerprint density at radius 1 is 0.649 bits per heavy atom. The average molecular weight is 619 g/mol. The van der Waals surface area contributed by atoms with E-state index in [0.717, 1.165) is 33.5 Å². The molecule has 194 valence electrons. The van der Waals surface area contributed by atoms with Gasteiger partial charge < -0.3 is 0 Å². The summed E-state index contributed by atoms with van der Waals surface area (Å²) >= 11 is 2.26. The maximum Gasteiger partial charge on any atom is 0.248 e. The normalized spacial score (nSPS) is 18.4. The van der Waals surface area contributed by atoms with Crippen molar-refractivity contribution in [1.82, 2.24) is 4.98 Å². The number of aromatic nitrogens is 1. The Labute approximate surface area is 229 Å². The molecule has 6 heteroatoms. The van der Waals surface area contributed by atoms with Gasteiger partial charge in [0.15, 0.2) is 0 Å². The number of benzene rings is 2. The zero-order chi connectivity index (χ0) is 26.3. The fourth-order valence-electron chi connectivity index (χ4n) is 4.55. The Kier molecular flexibility index (Phi) is 9.22. The highest BCUT2D eigenvalue weighted by Crippen LogP contribution is 2.37. The molecule has 0 bridgehead atoms. The van der Waals surface area contributed by atoms with Crippen LogP contribution < -0.4 is 0 Å². The molecular formula is C31H30F4IN. The van der Waals surface area contributed by atoms with Gasteiger partial charge in [-0.2, -0.15) is 0 Å². The number of rotatable bonds is 3. The monoisotopic (exact) mass is 619 g/mol. The summed E-state index contributed by atoms with van der Waals surface area (Å²) in [5.74, 6) is -4.92. The van der Waals surface area contributed by atoms with Gasteiger partial charge in [0, 0.05) is 41.0 Å². The molecule has 1 aromatic heterocycles. The summed E-state index contributed by atoms with van der Waals surface area (Å²) in [6.07, 6.45) is 7.84. The van der Waals surface area contributed by atoms with Crippen LogP contribution in [0, 0.1) is 3.57 Å². The number of nitrogens with zero attached hydrogens (tertiary/aromatic N) is 1. The van der Waals surface area contributed by atoms with Crippen LogP contribution in [-0.4, -0.2) is 16.8 Å². The minimum Gasteiger partial charge on any atom is -0.256 e. The highest BCUT2D eigenvalue weighted by atomic mass is 127. The highest BCUT2D eigenvalue weighted by molar-refractivity contribution is 14.1. The number of halogens is 5. The number of alkyl halides is 4. The zero-order valence-corrected chi connectivity index (χ0v) is 22.7. The topological polar surface area (TPSA) is 12.9 Å². The van der Waals surface area contributed by atoms with Gasteiger partial charge in [-0.25, -0.2) is 17.6 Å². The van der Waals surface area contributed by atoms with Gasteiger partial charge in [0.2, 0.25) is 11.8 Å². The van der Waals surface area contributed by atoms with Gasteiger partial charge in [0.25, 0.3) is 0 Å². The molecule has 2 saturated carbocycles. The molecule has 2 aliphatic rings. The molecule has 37 heavy (non-hydrogen) atoms. The number of allylic oxidation sites excluding steroid dienone is 2. The van der Waals surface area contributed by atoms with Crippen LogP contribution in [0.25, 0.3) is 23.4 Å². The summed E-state index contributed by atoms with van der Waals surface area (Å²) in [6.45, 7) is 0. The van der Waals surface area contributed by atoms with Crippen LogP contribution in [0.5, 0.6) is 0 Å². The summed E-state index contributed by atoms with van der Waals surface area (Å²) in [5.41, 5.74) is 6.40.